The molecule has 0 spiro atoms. The summed E-state index contributed by atoms with van der Waals surface area (Å²) >= 11 is 10.3. The van der Waals surface area contributed by atoms with Gasteiger partial charge in [-0.3, -0.25) is 0 Å². The van der Waals surface area contributed by atoms with Crippen LogP contribution in [0.5, 0.6) is 0 Å². The Kier molecular flexibility index (Phi) is 2.85. The summed E-state index contributed by atoms with van der Waals surface area (Å²) in [6, 6.07) is 3.04. The fourth-order valence-corrected chi connectivity index (χ4v) is 3.48. The maximum absolute atomic E-state index is 11.1. The summed E-state index contributed by atoms with van der Waals surface area (Å²) in [6.07, 6.45) is 0. The van der Waals surface area contributed by atoms with Crippen LogP contribution in [0.1, 0.15) is 0 Å². The number of thiophene rings is 1. The van der Waals surface area contributed by atoms with Crippen molar-refractivity contribution in [2.24, 2.45) is 0 Å². The highest BCUT2D eigenvalue weighted by atomic mass is 35.5. The molecule has 0 aliphatic rings. The predicted molar refractivity (Wildman–Crippen MR) is 50.4 cm³/mol. The normalized spacial score (nSPS) is 11.8. The SMILES string of the molecule is O=S(=O)(CS)c1ccc(Cl)s1. The van der Waals surface area contributed by atoms with E-state index in [2.05, 4.69) is 12.6 Å². The van der Waals surface area contributed by atoms with Crippen molar-refractivity contribution in [2.45, 2.75) is 4.21 Å². The van der Waals surface area contributed by atoms with Crippen molar-refractivity contribution in [3.8, 4) is 0 Å². The van der Waals surface area contributed by atoms with Gasteiger partial charge in [-0.2, -0.15) is 12.6 Å². The van der Waals surface area contributed by atoms with Crippen LogP contribution in [-0.4, -0.2) is 13.5 Å². The molecule has 11 heavy (non-hydrogen) atoms. The Morgan fingerprint density at radius 1 is 1.55 bits per heavy atom. The van der Waals surface area contributed by atoms with Gasteiger partial charge >= 0.3 is 0 Å². The summed E-state index contributed by atoms with van der Waals surface area (Å²) < 4.78 is 22.9. The zero-order chi connectivity index (χ0) is 8.48. The van der Waals surface area contributed by atoms with E-state index in [-0.39, 0.29) is 9.29 Å². The number of thiol groups is 1. The van der Waals surface area contributed by atoms with E-state index in [0.29, 0.717) is 4.34 Å². The minimum Gasteiger partial charge on any atom is -0.222 e. The Morgan fingerprint density at radius 3 is 2.55 bits per heavy atom. The van der Waals surface area contributed by atoms with Gasteiger partial charge in [-0.25, -0.2) is 8.42 Å². The zero-order valence-electron chi connectivity index (χ0n) is 5.32. The average Bonchev–Trinajstić information content (AvgIpc) is 2.36. The van der Waals surface area contributed by atoms with Gasteiger partial charge in [0.2, 0.25) is 0 Å². The first-order valence-corrected chi connectivity index (χ1v) is 6.13. The number of sulfone groups is 1. The minimum atomic E-state index is -3.18. The smallest absolute Gasteiger partial charge is 0.196 e. The molecule has 6 heteroatoms. The summed E-state index contributed by atoms with van der Waals surface area (Å²) in [5.41, 5.74) is 0. The summed E-state index contributed by atoms with van der Waals surface area (Å²) in [6.45, 7) is 0. The van der Waals surface area contributed by atoms with Crippen molar-refractivity contribution in [1.82, 2.24) is 0 Å². The van der Waals surface area contributed by atoms with Crippen LogP contribution in [-0.2, 0) is 9.84 Å². The van der Waals surface area contributed by atoms with Gasteiger partial charge in [0, 0.05) is 0 Å². The molecule has 0 amide bonds. The number of hydrogen-bond acceptors (Lipinski definition) is 4. The average molecular weight is 229 g/mol. The predicted octanol–water partition coefficient (Wildman–Crippen LogP) is 2.06. The van der Waals surface area contributed by atoms with Crippen LogP contribution in [0, 0.1) is 0 Å². The van der Waals surface area contributed by atoms with Gasteiger partial charge in [-0.15, -0.1) is 11.3 Å². The van der Waals surface area contributed by atoms with Crippen LogP contribution in [0.2, 0.25) is 4.34 Å². The maximum atomic E-state index is 11.1. The van der Waals surface area contributed by atoms with Crippen LogP contribution in [0.3, 0.4) is 0 Å². The second-order valence-corrected chi connectivity index (χ2v) is 6.48. The van der Waals surface area contributed by atoms with Crippen molar-refractivity contribution in [3.05, 3.63) is 16.5 Å². The molecule has 0 saturated heterocycles. The van der Waals surface area contributed by atoms with Crippen molar-refractivity contribution >= 4 is 45.4 Å². The van der Waals surface area contributed by atoms with Crippen LogP contribution in [0.15, 0.2) is 16.3 Å². The Balaban J connectivity index is 3.13. The minimum absolute atomic E-state index is 0.177. The summed E-state index contributed by atoms with van der Waals surface area (Å²) in [7, 11) is -3.18. The Morgan fingerprint density at radius 2 is 2.18 bits per heavy atom. The third-order valence-electron chi connectivity index (χ3n) is 1.03. The van der Waals surface area contributed by atoms with E-state index in [1.54, 1.807) is 6.07 Å². The van der Waals surface area contributed by atoms with Gasteiger partial charge in [0.1, 0.15) is 4.21 Å². The molecule has 0 radical (unpaired) electrons. The standard InChI is InChI=1S/C5H5ClO2S3/c6-4-1-2-5(10-4)11(7,8)3-9/h1-2,9H,3H2. The Hall–Kier alpha value is 0.290. The third-order valence-corrected chi connectivity index (χ3v) is 5.17. The van der Waals surface area contributed by atoms with E-state index in [1.807, 2.05) is 0 Å². The quantitative estimate of drug-likeness (QED) is 0.787. The molecule has 1 aromatic rings. The fourth-order valence-electron chi connectivity index (χ4n) is 0.528. The molecule has 0 unspecified atom stereocenters. The van der Waals surface area contributed by atoms with E-state index in [0.717, 1.165) is 11.3 Å². The van der Waals surface area contributed by atoms with Crippen LogP contribution in [0.25, 0.3) is 0 Å². The van der Waals surface area contributed by atoms with E-state index in [4.69, 9.17) is 11.6 Å². The lowest BCUT2D eigenvalue weighted by molar-refractivity contribution is 0.603. The van der Waals surface area contributed by atoms with Crippen molar-refractivity contribution in [1.29, 1.82) is 0 Å². The summed E-state index contributed by atoms with van der Waals surface area (Å²) in [4.78, 5) is 0. The van der Waals surface area contributed by atoms with E-state index < -0.39 is 9.84 Å². The molecule has 0 N–H and O–H groups in total. The van der Waals surface area contributed by atoms with E-state index in [9.17, 15) is 8.42 Å². The van der Waals surface area contributed by atoms with Gasteiger partial charge in [-0.05, 0) is 12.1 Å². The van der Waals surface area contributed by atoms with Gasteiger partial charge in [0.25, 0.3) is 0 Å². The molecule has 0 aliphatic heterocycles. The molecule has 0 aromatic carbocycles. The van der Waals surface area contributed by atoms with E-state index in [1.165, 1.54) is 6.07 Å². The topological polar surface area (TPSA) is 34.1 Å². The fraction of sp³-hybridized carbons (Fsp3) is 0.200. The van der Waals surface area contributed by atoms with Gasteiger partial charge in [-0.1, -0.05) is 11.6 Å². The lowest BCUT2D eigenvalue weighted by Crippen LogP contribution is -1.98. The largest absolute Gasteiger partial charge is 0.222 e. The Labute approximate surface area is 79.5 Å². The molecule has 0 saturated carbocycles. The lowest BCUT2D eigenvalue weighted by Gasteiger charge is -1.92. The molecule has 1 aromatic heterocycles. The highest BCUT2D eigenvalue weighted by Crippen LogP contribution is 2.26. The molecule has 2 nitrogen and oxygen atoms in total. The lowest BCUT2D eigenvalue weighted by atomic mass is 10.7. The number of halogens is 1. The third kappa shape index (κ3) is 2.11. The first-order chi connectivity index (χ1) is 5.06. The number of hydrogen-bond donors (Lipinski definition) is 1. The Bertz CT molecular complexity index is 340. The molecule has 1 rings (SSSR count). The summed E-state index contributed by atoms with van der Waals surface area (Å²) in [5, 5.41) is -0.177. The maximum Gasteiger partial charge on any atom is 0.196 e. The van der Waals surface area contributed by atoms with Crippen LogP contribution in [0.4, 0.5) is 0 Å². The molecular weight excluding hydrogens is 224 g/mol. The van der Waals surface area contributed by atoms with Crippen molar-refractivity contribution < 1.29 is 8.42 Å². The van der Waals surface area contributed by atoms with Crippen LogP contribution < -0.4 is 0 Å². The molecule has 0 fully saturated rings. The second-order valence-electron chi connectivity index (χ2n) is 1.80. The van der Waals surface area contributed by atoms with Crippen LogP contribution >= 0.6 is 35.6 Å². The van der Waals surface area contributed by atoms with Gasteiger partial charge < -0.3 is 0 Å². The van der Waals surface area contributed by atoms with Gasteiger partial charge in [0.05, 0.1) is 9.42 Å². The highest BCUT2D eigenvalue weighted by Gasteiger charge is 2.13. The molecule has 0 aliphatic carbocycles. The van der Waals surface area contributed by atoms with E-state index >= 15 is 0 Å². The van der Waals surface area contributed by atoms with Crippen molar-refractivity contribution in [2.75, 3.05) is 5.08 Å². The number of rotatable bonds is 2. The second kappa shape index (κ2) is 3.35. The molecule has 1 heterocycles. The zero-order valence-corrected chi connectivity index (χ0v) is 8.60. The van der Waals surface area contributed by atoms with Gasteiger partial charge in [0.15, 0.2) is 9.84 Å². The molecular formula is C5H5ClO2S3. The summed E-state index contributed by atoms with van der Waals surface area (Å²) in [5.74, 6) is 0. The molecule has 0 bridgehead atoms. The first-order valence-electron chi connectivity index (χ1n) is 2.65. The highest BCUT2D eigenvalue weighted by molar-refractivity contribution is 8.04. The first kappa shape index (κ1) is 9.38. The monoisotopic (exact) mass is 228 g/mol. The molecule has 0 atom stereocenters. The molecule has 62 valence electrons. The van der Waals surface area contributed by atoms with Crippen molar-refractivity contribution in [3.63, 3.8) is 0 Å².